The van der Waals surface area contributed by atoms with E-state index in [1.54, 1.807) is 30.9 Å². The summed E-state index contributed by atoms with van der Waals surface area (Å²) < 4.78 is 58.1. The molecule has 0 aliphatic carbocycles. The number of aliphatic hydroxyl groups is 1. The molecule has 0 fully saturated rings. The van der Waals surface area contributed by atoms with Crippen LogP contribution in [0.15, 0.2) is 45.8 Å². The summed E-state index contributed by atoms with van der Waals surface area (Å²) in [6.07, 6.45) is 2.00. The molecule has 3 aromatic rings. The highest BCUT2D eigenvalue weighted by molar-refractivity contribution is 7.92. The fourth-order valence-electron chi connectivity index (χ4n) is 6.24. The quantitative estimate of drug-likeness (QED) is 0.318. The zero-order valence-corrected chi connectivity index (χ0v) is 29.9. The number of sulfonamides is 1. The molecule has 0 radical (unpaired) electrons. The van der Waals surface area contributed by atoms with Crippen LogP contribution in [0.5, 0.6) is 17.2 Å². The van der Waals surface area contributed by atoms with E-state index >= 15 is 0 Å². The summed E-state index contributed by atoms with van der Waals surface area (Å²) in [5.41, 5.74) is 1.68. The Hall–Kier alpha value is -3.85. The van der Waals surface area contributed by atoms with Crippen molar-refractivity contribution in [2.24, 2.45) is 5.92 Å². The molecule has 0 bridgehead atoms. The van der Waals surface area contributed by atoms with Crippen LogP contribution in [0.2, 0.25) is 0 Å². The third-order valence-electron chi connectivity index (χ3n) is 8.92. The van der Waals surface area contributed by atoms with Crippen molar-refractivity contribution in [2.45, 2.75) is 83.6 Å². The Morgan fingerprint density at radius 3 is 2.57 bits per heavy atom. The molecule has 3 heterocycles. The van der Waals surface area contributed by atoms with Gasteiger partial charge in [0.05, 0.1) is 30.4 Å². The lowest BCUT2D eigenvalue weighted by atomic mass is 10.0. The van der Waals surface area contributed by atoms with Gasteiger partial charge in [0, 0.05) is 37.8 Å². The van der Waals surface area contributed by atoms with Crippen LogP contribution in [0.25, 0.3) is 0 Å². The molecule has 5 rings (SSSR count). The summed E-state index contributed by atoms with van der Waals surface area (Å²) in [7, 11) is -2.04. The predicted molar refractivity (Wildman–Crippen MR) is 183 cm³/mol. The third kappa shape index (κ3) is 8.85. The summed E-state index contributed by atoms with van der Waals surface area (Å²) in [5.74, 6) is 1.46. The summed E-state index contributed by atoms with van der Waals surface area (Å²) in [4.78, 5) is 18.2. The monoisotopic (exact) mass is 700 g/mol. The van der Waals surface area contributed by atoms with Crippen LogP contribution in [0, 0.1) is 19.8 Å². The van der Waals surface area contributed by atoms with Gasteiger partial charge < -0.3 is 33.5 Å². The van der Waals surface area contributed by atoms with Crippen molar-refractivity contribution >= 4 is 21.6 Å². The minimum absolute atomic E-state index is 0.0531. The molecule has 2 aliphatic rings. The number of aryl methyl sites for hydroxylation is 2. The van der Waals surface area contributed by atoms with Crippen LogP contribution >= 0.6 is 0 Å². The van der Waals surface area contributed by atoms with E-state index in [1.807, 2.05) is 39.1 Å². The Kier molecular flexibility index (Phi) is 11.7. The second kappa shape index (κ2) is 15.8. The van der Waals surface area contributed by atoms with Gasteiger partial charge in [-0.3, -0.25) is 14.4 Å². The van der Waals surface area contributed by atoms with Gasteiger partial charge in [-0.1, -0.05) is 18.1 Å². The number of nitrogens with zero attached hydrogens (tertiary/aromatic N) is 3. The van der Waals surface area contributed by atoms with Crippen LogP contribution in [0.4, 0.5) is 5.69 Å². The maximum atomic E-state index is 14.4. The molecule has 0 spiro atoms. The van der Waals surface area contributed by atoms with Crippen molar-refractivity contribution in [1.29, 1.82) is 0 Å². The number of aromatic nitrogens is 1. The first-order valence-corrected chi connectivity index (χ1v) is 18.2. The summed E-state index contributed by atoms with van der Waals surface area (Å²) >= 11 is 0. The molecule has 49 heavy (non-hydrogen) atoms. The standard InChI is InChI=1S/C35H48N4O9S/c1-22-17-39(23(2)20-40)35(41)29-16-28(37-49(42,43)34-25(4)36-48-26(34)5)11-13-30(29)47-24(3)9-7-8-14-44-33(22)19-38(6)18-27-10-12-31-32(15-27)46-21-45-31/h10-13,15-16,22-24,33,37,40H,7-9,14,17-21H2,1-6H3/t22-,23-,24+,33+/m1/s1. The fourth-order valence-corrected chi connectivity index (χ4v) is 7.62. The smallest absolute Gasteiger partial charge is 0.267 e. The summed E-state index contributed by atoms with van der Waals surface area (Å²) in [5, 5.41) is 14.0. The summed E-state index contributed by atoms with van der Waals surface area (Å²) in [6, 6.07) is 10.1. The van der Waals surface area contributed by atoms with Crippen LogP contribution < -0.4 is 18.9 Å². The summed E-state index contributed by atoms with van der Waals surface area (Å²) in [6.45, 7) is 10.9. The van der Waals surface area contributed by atoms with E-state index in [-0.39, 0.29) is 65.7 Å². The van der Waals surface area contributed by atoms with Gasteiger partial charge in [0.15, 0.2) is 22.2 Å². The van der Waals surface area contributed by atoms with E-state index in [0.717, 1.165) is 36.3 Å². The van der Waals surface area contributed by atoms with E-state index in [0.29, 0.717) is 25.4 Å². The van der Waals surface area contributed by atoms with Crippen molar-refractivity contribution < 1.29 is 41.8 Å². The fraction of sp³-hybridized carbons (Fsp3) is 0.543. The number of likely N-dealkylation sites (N-methyl/N-ethyl adjacent to an activating group) is 1. The van der Waals surface area contributed by atoms with Crippen LogP contribution in [0.1, 0.15) is 67.4 Å². The van der Waals surface area contributed by atoms with E-state index < -0.39 is 22.0 Å². The number of amides is 1. The van der Waals surface area contributed by atoms with E-state index in [9.17, 15) is 18.3 Å². The lowest BCUT2D eigenvalue weighted by molar-refractivity contribution is -0.0177. The van der Waals surface area contributed by atoms with Gasteiger partial charge in [0.1, 0.15) is 11.4 Å². The van der Waals surface area contributed by atoms with Crippen LogP contribution in [-0.2, 0) is 21.3 Å². The average molecular weight is 701 g/mol. The molecule has 0 unspecified atom stereocenters. The van der Waals surface area contributed by atoms with Gasteiger partial charge in [0.25, 0.3) is 15.9 Å². The minimum Gasteiger partial charge on any atom is -0.490 e. The maximum Gasteiger partial charge on any atom is 0.267 e. The van der Waals surface area contributed by atoms with Gasteiger partial charge in [-0.05, 0) is 89.9 Å². The van der Waals surface area contributed by atoms with Crippen molar-refractivity contribution in [2.75, 3.05) is 44.9 Å². The molecular weight excluding hydrogens is 652 g/mol. The largest absolute Gasteiger partial charge is 0.490 e. The number of carbonyl (C=O) groups excluding carboxylic acids is 1. The molecule has 13 nitrogen and oxygen atoms in total. The number of benzene rings is 2. The highest BCUT2D eigenvalue weighted by Gasteiger charge is 2.31. The Morgan fingerprint density at radius 1 is 1.08 bits per heavy atom. The number of anilines is 1. The first kappa shape index (κ1) is 36.4. The minimum atomic E-state index is -4.07. The number of nitrogens with one attached hydrogen (secondary N) is 1. The lowest BCUT2D eigenvalue weighted by Crippen LogP contribution is -2.47. The second-order valence-corrected chi connectivity index (χ2v) is 14.8. The van der Waals surface area contributed by atoms with Crippen LogP contribution in [0.3, 0.4) is 0 Å². The van der Waals surface area contributed by atoms with E-state index in [1.165, 1.54) is 13.0 Å². The van der Waals surface area contributed by atoms with E-state index in [2.05, 4.69) is 14.8 Å². The normalized spacial score (nSPS) is 21.2. The van der Waals surface area contributed by atoms with Gasteiger partial charge in [0.2, 0.25) is 6.79 Å². The molecule has 2 aliphatic heterocycles. The molecule has 1 amide bonds. The molecule has 2 aromatic carbocycles. The van der Waals surface area contributed by atoms with Crippen molar-refractivity contribution in [3.05, 3.63) is 59.0 Å². The average Bonchev–Trinajstić information content (AvgIpc) is 3.67. The topological polar surface area (TPSA) is 153 Å². The second-order valence-electron chi connectivity index (χ2n) is 13.2. The number of hydrogen-bond acceptors (Lipinski definition) is 11. The van der Waals surface area contributed by atoms with E-state index in [4.69, 9.17) is 23.5 Å². The van der Waals surface area contributed by atoms with Gasteiger partial charge in [-0.2, -0.15) is 0 Å². The van der Waals surface area contributed by atoms with Crippen molar-refractivity contribution in [3.63, 3.8) is 0 Å². The molecule has 0 saturated heterocycles. The Morgan fingerprint density at radius 2 is 1.84 bits per heavy atom. The molecule has 4 atom stereocenters. The SMILES string of the molecule is Cc1noc(C)c1S(=O)(=O)Nc1ccc2c(c1)C(=O)N([C@H](C)CO)C[C@@H](C)[C@H](CN(C)Cc1ccc3c(c1)OCO3)OCCCC[C@H](C)O2. The van der Waals surface area contributed by atoms with Crippen molar-refractivity contribution in [3.8, 4) is 17.2 Å². The first-order chi connectivity index (χ1) is 23.4. The Labute approximate surface area is 288 Å². The number of rotatable bonds is 9. The molecule has 268 valence electrons. The zero-order valence-electron chi connectivity index (χ0n) is 29.1. The Balaban J connectivity index is 1.41. The number of ether oxygens (including phenoxy) is 4. The van der Waals surface area contributed by atoms with Gasteiger partial charge >= 0.3 is 0 Å². The number of aliphatic hydroxyl groups excluding tert-OH is 1. The third-order valence-corrected chi connectivity index (χ3v) is 10.5. The zero-order chi connectivity index (χ0) is 35.3. The van der Waals surface area contributed by atoms with Gasteiger partial charge in [-0.25, -0.2) is 8.42 Å². The maximum absolute atomic E-state index is 14.4. The Bertz CT molecular complexity index is 1690. The number of hydrogen-bond donors (Lipinski definition) is 2. The molecule has 14 heteroatoms. The first-order valence-electron chi connectivity index (χ1n) is 16.7. The molecule has 2 N–H and O–H groups in total. The van der Waals surface area contributed by atoms with Crippen LogP contribution in [-0.4, -0.2) is 92.8 Å². The van der Waals surface area contributed by atoms with Gasteiger partial charge in [-0.15, -0.1) is 0 Å². The number of carbonyl (C=O) groups is 1. The lowest BCUT2D eigenvalue weighted by Gasteiger charge is -2.36. The molecule has 1 aromatic heterocycles. The predicted octanol–water partition coefficient (Wildman–Crippen LogP) is 4.75. The number of fused-ring (bicyclic) bond motifs is 2. The molecular formula is C35H48N4O9S. The highest BCUT2D eigenvalue weighted by atomic mass is 32.2. The highest BCUT2D eigenvalue weighted by Crippen LogP contribution is 2.33. The van der Waals surface area contributed by atoms with Crippen molar-refractivity contribution in [1.82, 2.24) is 15.0 Å². The molecule has 0 saturated carbocycles.